The van der Waals surface area contributed by atoms with Crippen molar-refractivity contribution in [2.24, 2.45) is 0 Å². The van der Waals surface area contributed by atoms with Crippen molar-refractivity contribution in [3.8, 4) is 5.75 Å². The molecular formula is C17H15FN2O3. The van der Waals surface area contributed by atoms with Gasteiger partial charge in [0, 0.05) is 5.69 Å². The minimum Gasteiger partial charge on any atom is -0.479 e. The Morgan fingerprint density at radius 3 is 2.74 bits per heavy atom. The molecular weight excluding hydrogens is 299 g/mol. The minimum atomic E-state index is -0.540. The maximum absolute atomic E-state index is 12.8. The maximum atomic E-state index is 12.8. The number of hydrogen-bond donors (Lipinski definition) is 2. The van der Waals surface area contributed by atoms with Crippen molar-refractivity contribution < 1.29 is 18.7 Å². The smallest absolute Gasteiger partial charge is 0.265 e. The normalized spacial score (nSPS) is 16.1. The number of amides is 2. The van der Waals surface area contributed by atoms with Gasteiger partial charge in [-0.25, -0.2) is 4.39 Å². The van der Waals surface area contributed by atoms with Crippen molar-refractivity contribution in [3.05, 3.63) is 53.8 Å². The third-order valence-electron chi connectivity index (χ3n) is 3.47. The van der Waals surface area contributed by atoms with Gasteiger partial charge in [-0.05, 0) is 42.8 Å². The molecule has 0 aliphatic carbocycles. The van der Waals surface area contributed by atoms with E-state index in [2.05, 4.69) is 10.6 Å². The van der Waals surface area contributed by atoms with Crippen LogP contribution in [0, 0.1) is 5.82 Å². The molecule has 118 valence electrons. The Bertz CT molecular complexity index is 759. The lowest BCUT2D eigenvalue weighted by molar-refractivity contribution is -0.122. The van der Waals surface area contributed by atoms with Gasteiger partial charge in [-0.2, -0.15) is 0 Å². The predicted molar refractivity (Wildman–Crippen MR) is 83.9 cm³/mol. The van der Waals surface area contributed by atoms with E-state index in [1.165, 1.54) is 12.1 Å². The van der Waals surface area contributed by atoms with E-state index in [0.29, 0.717) is 22.7 Å². The highest BCUT2D eigenvalue weighted by Crippen LogP contribution is 2.32. The van der Waals surface area contributed by atoms with Crippen molar-refractivity contribution in [2.45, 2.75) is 19.4 Å². The topological polar surface area (TPSA) is 67.4 Å². The Labute approximate surface area is 132 Å². The number of benzene rings is 2. The second kappa shape index (κ2) is 6.08. The number of ether oxygens (including phenoxy) is 1. The van der Waals surface area contributed by atoms with Gasteiger partial charge >= 0.3 is 0 Å². The van der Waals surface area contributed by atoms with E-state index in [-0.39, 0.29) is 24.1 Å². The van der Waals surface area contributed by atoms with E-state index in [1.807, 2.05) is 0 Å². The predicted octanol–water partition coefficient (Wildman–Crippen LogP) is 2.73. The summed E-state index contributed by atoms with van der Waals surface area (Å²) >= 11 is 0. The van der Waals surface area contributed by atoms with Crippen LogP contribution >= 0.6 is 0 Å². The van der Waals surface area contributed by atoms with Crippen molar-refractivity contribution in [2.75, 3.05) is 10.6 Å². The summed E-state index contributed by atoms with van der Waals surface area (Å²) in [4.78, 5) is 23.6. The molecule has 0 unspecified atom stereocenters. The molecule has 5 nitrogen and oxygen atoms in total. The van der Waals surface area contributed by atoms with Gasteiger partial charge in [0.05, 0.1) is 12.1 Å². The first kappa shape index (κ1) is 15.0. The van der Waals surface area contributed by atoms with E-state index in [9.17, 15) is 14.0 Å². The van der Waals surface area contributed by atoms with Gasteiger partial charge < -0.3 is 15.4 Å². The highest BCUT2D eigenvalue weighted by molar-refractivity contribution is 5.99. The van der Waals surface area contributed by atoms with Crippen LogP contribution < -0.4 is 15.4 Å². The molecule has 0 fully saturated rings. The monoisotopic (exact) mass is 314 g/mol. The quantitative estimate of drug-likeness (QED) is 0.915. The van der Waals surface area contributed by atoms with Gasteiger partial charge in [0.1, 0.15) is 11.6 Å². The van der Waals surface area contributed by atoms with Crippen LogP contribution in [0.4, 0.5) is 15.8 Å². The van der Waals surface area contributed by atoms with Crippen molar-refractivity contribution in [3.63, 3.8) is 0 Å². The molecule has 2 amide bonds. The summed E-state index contributed by atoms with van der Waals surface area (Å²) in [5, 5.41) is 5.46. The van der Waals surface area contributed by atoms with Crippen LogP contribution in [0.25, 0.3) is 0 Å². The van der Waals surface area contributed by atoms with Gasteiger partial charge in [-0.3, -0.25) is 9.59 Å². The highest BCUT2D eigenvalue weighted by Gasteiger charge is 2.23. The van der Waals surface area contributed by atoms with E-state index in [1.54, 1.807) is 37.3 Å². The first-order valence-corrected chi connectivity index (χ1v) is 7.17. The lowest BCUT2D eigenvalue weighted by Gasteiger charge is -2.23. The van der Waals surface area contributed by atoms with E-state index >= 15 is 0 Å². The number of carbonyl (C=O) groups is 2. The third-order valence-corrected chi connectivity index (χ3v) is 3.47. The number of hydrogen-bond acceptors (Lipinski definition) is 3. The Morgan fingerprint density at radius 2 is 2.00 bits per heavy atom. The molecule has 1 heterocycles. The molecule has 1 aliphatic heterocycles. The fourth-order valence-corrected chi connectivity index (χ4v) is 2.28. The maximum Gasteiger partial charge on any atom is 0.265 e. The average Bonchev–Trinajstić information content (AvgIpc) is 2.51. The Hall–Kier alpha value is -2.89. The fourth-order valence-electron chi connectivity index (χ4n) is 2.28. The molecule has 6 heteroatoms. The van der Waals surface area contributed by atoms with Gasteiger partial charge in [0.25, 0.3) is 5.91 Å². The van der Waals surface area contributed by atoms with Crippen LogP contribution in [0.15, 0.2) is 42.5 Å². The summed E-state index contributed by atoms with van der Waals surface area (Å²) < 4.78 is 18.3. The lowest BCUT2D eigenvalue weighted by Crippen LogP contribution is -2.34. The Kier molecular flexibility index (Phi) is 3.97. The molecule has 0 radical (unpaired) electrons. The lowest BCUT2D eigenvalue weighted by atomic mass is 10.1. The molecule has 2 aromatic carbocycles. The van der Waals surface area contributed by atoms with Gasteiger partial charge in [0.2, 0.25) is 5.91 Å². The van der Waals surface area contributed by atoms with Gasteiger partial charge in [-0.15, -0.1) is 0 Å². The second-order valence-electron chi connectivity index (χ2n) is 5.31. The van der Waals surface area contributed by atoms with Crippen LogP contribution in [-0.2, 0) is 16.0 Å². The summed E-state index contributed by atoms with van der Waals surface area (Å²) in [5.41, 5.74) is 1.79. The van der Waals surface area contributed by atoms with Gasteiger partial charge in [0.15, 0.2) is 6.10 Å². The standard InChI is InChI=1S/C17H15FN2O3/c1-10-17(22)20-14-9-13(6-7-15(14)23-10)19-16(21)8-11-2-4-12(18)5-3-11/h2-7,9-10H,8H2,1H3,(H,19,21)(H,20,22)/t10-/m0/s1. The summed E-state index contributed by atoms with van der Waals surface area (Å²) in [5.74, 6) is -0.234. The number of anilines is 2. The molecule has 0 aromatic heterocycles. The van der Waals surface area contributed by atoms with E-state index < -0.39 is 6.10 Å². The molecule has 0 saturated heterocycles. The van der Waals surface area contributed by atoms with Crippen molar-refractivity contribution >= 4 is 23.2 Å². The summed E-state index contributed by atoms with van der Waals surface area (Å²) in [6.45, 7) is 1.66. The first-order valence-electron chi connectivity index (χ1n) is 7.17. The zero-order valence-electron chi connectivity index (χ0n) is 12.4. The zero-order chi connectivity index (χ0) is 16.4. The number of halogens is 1. The van der Waals surface area contributed by atoms with Gasteiger partial charge in [-0.1, -0.05) is 12.1 Å². The van der Waals surface area contributed by atoms with Crippen LogP contribution in [0.5, 0.6) is 5.75 Å². The summed E-state index contributed by atoms with van der Waals surface area (Å²) in [6, 6.07) is 10.8. The van der Waals surface area contributed by atoms with Crippen LogP contribution in [0.2, 0.25) is 0 Å². The summed E-state index contributed by atoms with van der Waals surface area (Å²) in [6.07, 6.45) is -0.404. The van der Waals surface area contributed by atoms with Crippen LogP contribution in [0.1, 0.15) is 12.5 Å². The molecule has 0 bridgehead atoms. The fraction of sp³-hybridized carbons (Fsp3) is 0.176. The van der Waals surface area contributed by atoms with Crippen molar-refractivity contribution in [1.29, 1.82) is 0 Å². The zero-order valence-corrected chi connectivity index (χ0v) is 12.4. The minimum absolute atomic E-state index is 0.136. The molecule has 23 heavy (non-hydrogen) atoms. The highest BCUT2D eigenvalue weighted by atomic mass is 19.1. The molecule has 2 N–H and O–H groups in total. The average molecular weight is 314 g/mol. The second-order valence-corrected chi connectivity index (χ2v) is 5.31. The van der Waals surface area contributed by atoms with E-state index in [0.717, 1.165) is 0 Å². The Morgan fingerprint density at radius 1 is 1.26 bits per heavy atom. The first-order chi connectivity index (χ1) is 11.0. The van der Waals surface area contributed by atoms with Crippen molar-refractivity contribution in [1.82, 2.24) is 0 Å². The number of nitrogens with one attached hydrogen (secondary N) is 2. The third kappa shape index (κ3) is 3.48. The number of rotatable bonds is 3. The SMILES string of the molecule is C[C@@H]1Oc2ccc(NC(=O)Cc3ccc(F)cc3)cc2NC1=O. The number of fused-ring (bicyclic) bond motifs is 1. The van der Waals surface area contributed by atoms with E-state index in [4.69, 9.17) is 4.74 Å². The van der Waals surface area contributed by atoms with Crippen LogP contribution in [0.3, 0.4) is 0 Å². The van der Waals surface area contributed by atoms with Crippen LogP contribution in [-0.4, -0.2) is 17.9 Å². The number of carbonyl (C=O) groups excluding carboxylic acids is 2. The summed E-state index contributed by atoms with van der Waals surface area (Å²) in [7, 11) is 0. The molecule has 1 atom stereocenters. The molecule has 1 aliphatic rings. The molecule has 3 rings (SSSR count). The molecule has 0 saturated carbocycles. The molecule has 0 spiro atoms. The molecule has 2 aromatic rings. The Balaban J connectivity index is 1.68. The largest absolute Gasteiger partial charge is 0.479 e.